The van der Waals surface area contributed by atoms with Crippen LogP contribution in [0.15, 0.2) is 53.4 Å². The Morgan fingerprint density at radius 3 is 2.18 bits per heavy atom. The van der Waals surface area contributed by atoms with E-state index in [0.29, 0.717) is 12.1 Å². The Bertz CT molecular complexity index is 1280. The molecule has 208 valence electrons. The first-order valence-corrected chi connectivity index (χ1v) is 17.6. The van der Waals surface area contributed by atoms with E-state index < -0.39 is 48.2 Å². The fourth-order valence-corrected chi connectivity index (χ4v) is 7.56. The molecule has 1 aliphatic rings. The van der Waals surface area contributed by atoms with Gasteiger partial charge in [-0.15, -0.1) is 0 Å². The van der Waals surface area contributed by atoms with Gasteiger partial charge in [0.1, 0.15) is 0 Å². The van der Waals surface area contributed by atoms with Crippen molar-refractivity contribution >= 4 is 35.8 Å². The van der Waals surface area contributed by atoms with Crippen molar-refractivity contribution < 1.29 is 22.4 Å². The zero-order chi connectivity index (χ0) is 28.6. The van der Waals surface area contributed by atoms with Gasteiger partial charge in [0.15, 0.2) is 8.32 Å². The molecule has 2 amide bonds. The molecule has 1 saturated heterocycles. The van der Waals surface area contributed by atoms with Crippen LogP contribution >= 0.6 is 0 Å². The van der Waals surface area contributed by atoms with Gasteiger partial charge in [-0.1, -0.05) is 70.5 Å². The molecule has 3 rings (SSSR count). The van der Waals surface area contributed by atoms with E-state index in [1.165, 1.54) is 12.1 Å². The van der Waals surface area contributed by atoms with Crippen LogP contribution in [0.1, 0.15) is 52.7 Å². The smallest absolute Gasteiger partial charge is 0.270 e. The lowest BCUT2D eigenvalue weighted by Crippen LogP contribution is -2.67. The Kier molecular flexibility index (Phi) is 8.65. The fraction of sp³-hybridized carbons (Fsp3) is 0.517. The third kappa shape index (κ3) is 5.74. The van der Waals surface area contributed by atoms with Gasteiger partial charge < -0.3 is 9.74 Å². The molecule has 0 unspecified atom stereocenters. The Morgan fingerprint density at radius 1 is 1.08 bits per heavy atom. The number of rotatable bonds is 9. The zero-order valence-electron chi connectivity index (χ0n) is 24.0. The molecule has 1 heterocycles. The van der Waals surface area contributed by atoms with Crippen molar-refractivity contribution in [2.45, 2.75) is 90.1 Å². The third-order valence-corrected chi connectivity index (χ3v) is 14.4. The van der Waals surface area contributed by atoms with Crippen LogP contribution in [0.2, 0.25) is 18.1 Å². The number of hydrogen-bond acceptors (Lipinski definition) is 5. The van der Waals surface area contributed by atoms with Gasteiger partial charge in [0, 0.05) is 0 Å². The van der Waals surface area contributed by atoms with Crippen molar-refractivity contribution in [1.82, 2.24) is 5.32 Å². The summed E-state index contributed by atoms with van der Waals surface area (Å²) in [7, 11) is -6.39. The van der Waals surface area contributed by atoms with Crippen LogP contribution in [0.3, 0.4) is 0 Å². The van der Waals surface area contributed by atoms with Crippen LogP contribution in [0.5, 0.6) is 0 Å². The van der Waals surface area contributed by atoms with Crippen molar-refractivity contribution in [2.24, 2.45) is 11.8 Å². The van der Waals surface area contributed by atoms with Gasteiger partial charge in [-0.25, -0.2) is 12.7 Å². The summed E-state index contributed by atoms with van der Waals surface area (Å²) in [5.41, 5.74) is 1.99. The van der Waals surface area contributed by atoms with E-state index in [4.69, 9.17) is 4.43 Å². The number of β-lactam (4-membered cyclic amide) rings is 1. The van der Waals surface area contributed by atoms with Gasteiger partial charge >= 0.3 is 0 Å². The number of carbonyl (C=O) groups is 2. The van der Waals surface area contributed by atoms with Gasteiger partial charge in [-0.05, 0) is 62.2 Å². The highest BCUT2D eigenvalue weighted by atomic mass is 32.2. The molecule has 1 aliphatic heterocycles. The van der Waals surface area contributed by atoms with E-state index in [2.05, 4.69) is 39.2 Å². The van der Waals surface area contributed by atoms with E-state index in [1.54, 1.807) is 31.2 Å². The second kappa shape index (κ2) is 10.9. The van der Waals surface area contributed by atoms with Gasteiger partial charge in [-0.2, -0.15) is 0 Å². The van der Waals surface area contributed by atoms with Crippen LogP contribution < -0.4 is 9.62 Å². The topological polar surface area (TPSA) is 92.8 Å². The number of anilines is 1. The van der Waals surface area contributed by atoms with Crippen LogP contribution in [0.25, 0.3) is 0 Å². The van der Waals surface area contributed by atoms with Gasteiger partial charge in [-0.3, -0.25) is 9.59 Å². The lowest BCUT2D eigenvalue weighted by Gasteiger charge is -2.47. The second-order valence-electron chi connectivity index (χ2n) is 11.8. The second-order valence-corrected chi connectivity index (χ2v) is 18.4. The predicted molar refractivity (Wildman–Crippen MR) is 154 cm³/mol. The Labute approximate surface area is 229 Å². The van der Waals surface area contributed by atoms with Gasteiger partial charge in [0.05, 0.1) is 34.6 Å². The number of para-hydroxylation sites is 1. The number of nitrogens with one attached hydrogen (secondary N) is 1. The molecule has 1 fully saturated rings. The molecule has 0 radical (unpaired) electrons. The average molecular weight is 559 g/mol. The number of amides is 2. The zero-order valence-corrected chi connectivity index (χ0v) is 25.8. The van der Waals surface area contributed by atoms with Crippen LogP contribution in [-0.2, 0) is 30.5 Å². The van der Waals surface area contributed by atoms with E-state index in [1.807, 2.05) is 32.9 Å². The summed E-state index contributed by atoms with van der Waals surface area (Å²) < 4.78 is 35.4. The van der Waals surface area contributed by atoms with Gasteiger partial charge in [0.25, 0.3) is 10.0 Å². The maximum atomic E-state index is 14.1. The lowest BCUT2D eigenvalue weighted by molar-refractivity contribution is -0.144. The predicted octanol–water partition coefficient (Wildman–Crippen LogP) is 5.44. The molecule has 9 heteroatoms. The normalized spacial score (nSPS) is 19.8. The number of sulfonamides is 1. The third-order valence-electron chi connectivity index (χ3n) is 8.07. The summed E-state index contributed by atoms with van der Waals surface area (Å²) in [5, 5.41) is 2.83. The Balaban J connectivity index is 2.00. The van der Waals surface area contributed by atoms with Crippen LogP contribution in [0, 0.1) is 18.8 Å². The largest absolute Gasteiger partial charge is 0.413 e. The van der Waals surface area contributed by atoms with E-state index >= 15 is 0 Å². The van der Waals surface area contributed by atoms with Crippen molar-refractivity contribution in [3.05, 3.63) is 59.7 Å². The van der Waals surface area contributed by atoms with E-state index in [0.717, 1.165) is 15.4 Å². The summed E-state index contributed by atoms with van der Waals surface area (Å²) in [6.07, 6.45) is 0.146. The number of hydrogen-bond donors (Lipinski definition) is 1. The summed E-state index contributed by atoms with van der Waals surface area (Å²) in [6, 6.07) is 13.0. The monoisotopic (exact) mass is 558 g/mol. The molecule has 2 aromatic rings. The minimum atomic E-state index is -4.22. The summed E-state index contributed by atoms with van der Waals surface area (Å²) in [4.78, 5) is 26.9. The number of benzene rings is 2. The molecule has 0 spiro atoms. The molecule has 0 aliphatic carbocycles. The molecule has 1 N–H and O–H groups in total. The SMILES string of the molecule is CCc1ccccc1N(C(=O)[C@H](C)[C@H]1NC(=O)[C@@H]1[C@@H](C)O[Si](C)(C)C(C)(C)C)S(=O)(=O)c1ccc(C)cc1. The summed E-state index contributed by atoms with van der Waals surface area (Å²) >= 11 is 0. The van der Waals surface area contributed by atoms with Gasteiger partial charge in [0.2, 0.25) is 11.8 Å². The quantitative estimate of drug-likeness (QED) is 0.327. The number of nitrogens with zero attached hydrogens (tertiary/aromatic N) is 1. The van der Waals surface area contributed by atoms with Crippen LogP contribution in [0.4, 0.5) is 5.69 Å². The maximum Gasteiger partial charge on any atom is 0.270 e. The van der Waals surface area contributed by atoms with Crippen molar-refractivity contribution in [1.29, 1.82) is 0 Å². The lowest BCUT2D eigenvalue weighted by atomic mass is 9.78. The molecule has 7 nitrogen and oxygen atoms in total. The van der Waals surface area contributed by atoms with Crippen LogP contribution in [-0.4, -0.2) is 40.7 Å². The first-order valence-electron chi connectivity index (χ1n) is 13.2. The first-order chi connectivity index (χ1) is 17.5. The maximum absolute atomic E-state index is 14.1. The Hall–Kier alpha value is -2.49. The fourth-order valence-electron chi connectivity index (χ4n) is 4.60. The molecular formula is C29H42N2O5SSi. The van der Waals surface area contributed by atoms with Crippen molar-refractivity contribution in [3.8, 4) is 0 Å². The highest BCUT2D eigenvalue weighted by Crippen LogP contribution is 2.40. The molecule has 4 atom stereocenters. The molecule has 0 aromatic heterocycles. The summed E-state index contributed by atoms with van der Waals surface area (Å²) in [5.74, 6) is -2.11. The standard InChI is InChI=1S/C29H42N2O5SSi/c1-10-22-13-11-12-14-24(22)31(37(34,35)23-17-15-19(2)16-18-23)28(33)20(3)26-25(27(32)30-26)21(4)36-38(8,9)29(5,6)7/h11-18,20-21,25-26H,10H2,1-9H3,(H,30,32)/t20-,21-,25-,26-/m1/s1. The number of carbonyl (C=O) groups excluding carboxylic acids is 2. The van der Waals surface area contributed by atoms with Crippen molar-refractivity contribution in [3.63, 3.8) is 0 Å². The number of aryl methyl sites for hydroxylation is 2. The molecular weight excluding hydrogens is 516 g/mol. The minimum absolute atomic E-state index is 0.0402. The highest BCUT2D eigenvalue weighted by Gasteiger charge is 2.52. The summed E-state index contributed by atoms with van der Waals surface area (Å²) in [6.45, 7) is 18.0. The first kappa shape index (κ1) is 30.1. The average Bonchev–Trinajstić information content (AvgIpc) is 2.81. The highest BCUT2D eigenvalue weighted by molar-refractivity contribution is 7.93. The molecule has 0 bridgehead atoms. The molecule has 2 aromatic carbocycles. The minimum Gasteiger partial charge on any atom is -0.413 e. The molecule has 38 heavy (non-hydrogen) atoms. The van der Waals surface area contributed by atoms with E-state index in [9.17, 15) is 18.0 Å². The van der Waals surface area contributed by atoms with E-state index in [-0.39, 0.29) is 15.8 Å². The van der Waals surface area contributed by atoms with Crippen molar-refractivity contribution in [2.75, 3.05) is 4.31 Å². The molecule has 0 saturated carbocycles. The Morgan fingerprint density at radius 2 is 1.66 bits per heavy atom.